The van der Waals surface area contributed by atoms with Crippen molar-refractivity contribution < 1.29 is 4.92 Å². The second kappa shape index (κ2) is 5.50. The summed E-state index contributed by atoms with van der Waals surface area (Å²) in [7, 11) is 0. The molecule has 0 saturated heterocycles. The summed E-state index contributed by atoms with van der Waals surface area (Å²) in [6.07, 6.45) is 0. The maximum absolute atomic E-state index is 10.7. The van der Waals surface area contributed by atoms with E-state index in [9.17, 15) is 10.1 Å². The second-order valence-corrected chi connectivity index (χ2v) is 4.96. The molecule has 0 radical (unpaired) electrons. The van der Waals surface area contributed by atoms with Crippen LogP contribution >= 0.6 is 11.3 Å². The summed E-state index contributed by atoms with van der Waals surface area (Å²) in [6.45, 7) is 1.98. The van der Waals surface area contributed by atoms with Crippen LogP contribution in [0, 0.1) is 21.4 Å². The van der Waals surface area contributed by atoms with Gasteiger partial charge in [0, 0.05) is 17.0 Å². The molecule has 96 valence electrons. The molecule has 0 aliphatic carbocycles. The Morgan fingerprint density at radius 2 is 2.26 bits per heavy atom. The number of hydrogen-bond donors (Lipinski definition) is 1. The smallest absolute Gasteiger partial charge is 0.270 e. The maximum atomic E-state index is 10.7. The first-order valence-electron chi connectivity index (χ1n) is 5.60. The van der Waals surface area contributed by atoms with Crippen molar-refractivity contribution in [3.63, 3.8) is 0 Å². The van der Waals surface area contributed by atoms with E-state index in [1.165, 1.54) is 12.1 Å². The topological polar surface area (TPSA) is 79.0 Å². The van der Waals surface area contributed by atoms with Gasteiger partial charge in [-0.1, -0.05) is 6.07 Å². The highest BCUT2D eigenvalue weighted by Gasteiger charge is 2.13. The number of nitro benzene ring substituents is 1. The molecular formula is C13H11N3O2S. The summed E-state index contributed by atoms with van der Waals surface area (Å²) >= 11 is 1.62. The number of non-ortho nitro benzene ring substituents is 1. The second-order valence-electron chi connectivity index (χ2n) is 3.98. The van der Waals surface area contributed by atoms with Crippen molar-refractivity contribution >= 4 is 22.7 Å². The van der Waals surface area contributed by atoms with E-state index < -0.39 is 4.92 Å². The lowest BCUT2D eigenvalue weighted by atomic mass is 10.1. The third kappa shape index (κ3) is 2.89. The molecule has 1 N–H and O–H groups in total. The lowest BCUT2D eigenvalue weighted by Gasteiger charge is -2.14. The number of nitrogens with zero attached hydrogens (tertiary/aromatic N) is 2. The third-order valence-electron chi connectivity index (χ3n) is 2.68. The van der Waals surface area contributed by atoms with Gasteiger partial charge >= 0.3 is 0 Å². The zero-order valence-electron chi connectivity index (χ0n) is 10.2. The highest BCUT2D eigenvalue weighted by atomic mass is 32.1. The minimum Gasteiger partial charge on any atom is -0.377 e. The average Bonchev–Trinajstić information content (AvgIpc) is 2.92. The molecule has 0 aliphatic rings. The van der Waals surface area contributed by atoms with Crippen LogP contribution in [0.3, 0.4) is 0 Å². The van der Waals surface area contributed by atoms with E-state index in [2.05, 4.69) is 5.32 Å². The van der Waals surface area contributed by atoms with Crippen molar-refractivity contribution in [3.05, 3.63) is 56.3 Å². The van der Waals surface area contributed by atoms with Crippen LogP contribution in [0.2, 0.25) is 0 Å². The van der Waals surface area contributed by atoms with Crippen LogP contribution in [0.15, 0.2) is 35.7 Å². The molecule has 1 heterocycles. The van der Waals surface area contributed by atoms with Gasteiger partial charge in [0.15, 0.2) is 0 Å². The number of rotatable bonds is 4. The number of nitriles is 1. The molecule has 2 rings (SSSR count). The van der Waals surface area contributed by atoms with Gasteiger partial charge in [-0.2, -0.15) is 5.26 Å². The van der Waals surface area contributed by atoms with Crippen LogP contribution in [-0.2, 0) is 0 Å². The monoisotopic (exact) mass is 273 g/mol. The Hall–Kier alpha value is -2.39. The highest BCUT2D eigenvalue weighted by molar-refractivity contribution is 7.10. The molecule has 0 unspecified atom stereocenters. The summed E-state index contributed by atoms with van der Waals surface area (Å²) in [5.41, 5.74) is 0.803. The first-order chi connectivity index (χ1) is 9.11. The molecular weight excluding hydrogens is 262 g/mol. The van der Waals surface area contributed by atoms with Crippen molar-refractivity contribution in [2.24, 2.45) is 0 Å². The van der Waals surface area contributed by atoms with Crippen LogP contribution in [0.1, 0.15) is 23.4 Å². The van der Waals surface area contributed by atoms with Gasteiger partial charge in [-0.25, -0.2) is 0 Å². The van der Waals surface area contributed by atoms with E-state index >= 15 is 0 Å². The Morgan fingerprint density at radius 1 is 1.47 bits per heavy atom. The molecule has 0 saturated carbocycles. The van der Waals surface area contributed by atoms with Crippen LogP contribution in [0.25, 0.3) is 0 Å². The van der Waals surface area contributed by atoms with E-state index in [4.69, 9.17) is 5.26 Å². The minimum atomic E-state index is -0.507. The predicted octanol–water partition coefficient (Wildman–Crippen LogP) is 3.70. The zero-order chi connectivity index (χ0) is 13.8. The number of benzene rings is 1. The number of nitrogens with one attached hydrogen (secondary N) is 1. The Balaban J connectivity index is 2.26. The van der Waals surface area contributed by atoms with Crippen molar-refractivity contribution in [2.45, 2.75) is 13.0 Å². The minimum absolute atomic E-state index is 0.0496. The van der Waals surface area contributed by atoms with Gasteiger partial charge in [0.05, 0.1) is 22.2 Å². The van der Waals surface area contributed by atoms with Crippen molar-refractivity contribution in [2.75, 3.05) is 5.32 Å². The van der Waals surface area contributed by atoms with Gasteiger partial charge in [-0.15, -0.1) is 11.3 Å². The molecule has 1 aromatic heterocycles. The molecule has 1 aromatic carbocycles. The van der Waals surface area contributed by atoms with E-state index in [1.54, 1.807) is 17.4 Å². The summed E-state index contributed by atoms with van der Waals surface area (Å²) in [6, 6.07) is 10.2. The highest BCUT2D eigenvalue weighted by Crippen LogP contribution is 2.27. The first-order valence-corrected chi connectivity index (χ1v) is 6.48. The van der Waals surface area contributed by atoms with E-state index in [0.29, 0.717) is 5.69 Å². The van der Waals surface area contributed by atoms with Gasteiger partial charge in [-0.05, 0) is 24.4 Å². The summed E-state index contributed by atoms with van der Waals surface area (Å²) < 4.78 is 0. The van der Waals surface area contributed by atoms with Crippen LogP contribution in [0.4, 0.5) is 11.4 Å². The van der Waals surface area contributed by atoms with Crippen LogP contribution < -0.4 is 5.32 Å². The third-order valence-corrected chi connectivity index (χ3v) is 3.73. The van der Waals surface area contributed by atoms with Gasteiger partial charge < -0.3 is 5.32 Å². The summed E-state index contributed by atoms with van der Waals surface area (Å²) in [5.74, 6) is 0. The van der Waals surface area contributed by atoms with Gasteiger partial charge in [0.25, 0.3) is 5.69 Å². The molecule has 1 atom stereocenters. The van der Waals surface area contributed by atoms with Crippen LogP contribution in [-0.4, -0.2) is 4.92 Å². The fourth-order valence-electron chi connectivity index (χ4n) is 1.71. The quantitative estimate of drug-likeness (QED) is 0.680. The molecule has 6 heteroatoms. The number of anilines is 1. The van der Waals surface area contributed by atoms with Gasteiger partial charge in [0.2, 0.25) is 0 Å². The molecule has 5 nitrogen and oxygen atoms in total. The first kappa shape index (κ1) is 13.1. The Kier molecular flexibility index (Phi) is 3.78. The van der Waals surface area contributed by atoms with E-state index in [-0.39, 0.29) is 17.3 Å². The average molecular weight is 273 g/mol. The molecule has 0 fully saturated rings. The van der Waals surface area contributed by atoms with Crippen molar-refractivity contribution in [1.82, 2.24) is 0 Å². The lowest BCUT2D eigenvalue weighted by molar-refractivity contribution is -0.384. The Labute approximate surface area is 114 Å². The SMILES string of the molecule is C[C@@H](Nc1ccc([N+](=O)[O-])cc1C#N)c1cccs1. The zero-order valence-corrected chi connectivity index (χ0v) is 11.0. The molecule has 2 aromatic rings. The fraction of sp³-hybridized carbons (Fsp3) is 0.154. The number of hydrogen-bond acceptors (Lipinski definition) is 5. The number of nitro groups is 1. The summed E-state index contributed by atoms with van der Waals surface area (Å²) in [4.78, 5) is 11.3. The maximum Gasteiger partial charge on any atom is 0.270 e. The van der Waals surface area contributed by atoms with Crippen molar-refractivity contribution in [1.29, 1.82) is 5.26 Å². The van der Waals surface area contributed by atoms with Gasteiger partial charge in [0.1, 0.15) is 6.07 Å². The summed E-state index contributed by atoms with van der Waals surface area (Å²) in [5, 5.41) is 24.9. The Bertz CT molecular complexity index is 632. The largest absolute Gasteiger partial charge is 0.377 e. The lowest BCUT2D eigenvalue weighted by Crippen LogP contribution is -2.06. The molecule has 0 bridgehead atoms. The molecule has 0 aliphatic heterocycles. The number of thiophene rings is 1. The molecule has 0 amide bonds. The molecule has 19 heavy (non-hydrogen) atoms. The standard InChI is InChI=1S/C13H11N3O2S/c1-9(13-3-2-6-19-13)15-12-5-4-11(16(17)18)7-10(12)8-14/h2-7,9,15H,1H3/t9-/m1/s1. The fourth-order valence-corrected chi connectivity index (χ4v) is 2.44. The van der Waals surface area contributed by atoms with E-state index in [1.807, 2.05) is 30.5 Å². The van der Waals surface area contributed by atoms with Gasteiger partial charge in [-0.3, -0.25) is 10.1 Å². The Morgan fingerprint density at radius 3 is 2.84 bits per heavy atom. The van der Waals surface area contributed by atoms with Crippen LogP contribution in [0.5, 0.6) is 0 Å². The molecule has 0 spiro atoms. The predicted molar refractivity (Wildman–Crippen MR) is 74.2 cm³/mol. The van der Waals surface area contributed by atoms with E-state index in [0.717, 1.165) is 4.88 Å². The normalized spacial score (nSPS) is 11.6. The van der Waals surface area contributed by atoms with Crippen molar-refractivity contribution in [3.8, 4) is 6.07 Å².